The number of morpholine rings is 1. The lowest BCUT2D eigenvalue weighted by Crippen LogP contribution is -2.51. The van der Waals surface area contributed by atoms with Gasteiger partial charge in [-0.3, -0.25) is 14.3 Å². The van der Waals surface area contributed by atoms with Crippen LogP contribution in [0.1, 0.15) is 16.9 Å². The molecule has 5 rings (SSSR count). The fraction of sp³-hybridized carbons (Fsp3) is 0.375. The van der Waals surface area contributed by atoms with E-state index in [0.29, 0.717) is 45.0 Å². The van der Waals surface area contributed by atoms with Gasteiger partial charge in [0.15, 0.2) is 5.69 Å². The highest BCUT2D eigenvalue weighted by atomic mass is 16.5. The monoisotopic (exact) mass is 434 g/mol. The molecular formula is C24H26N4O4. The van der Waals surface area contributed by atoms with Crippen LogP contribution >= 0.6 is 0 Å². The Labute approximate surface area is 186 Å². The predicted molar refractivity (Wildman–Crippen MR) is 118 cm³/mol. The first-order valence-electron chi connectivity index (χ1n) is 10.9. The maximum atomic E-state index is 13.7. The Morgan fingerprint density at radius 3 is 2.53 bits per heavy atom. The molecule has 0 bridgehead atoms. The summed E-state index contributed by atoms with van der Waals surface area (Å²) < 4.78 is 13.2. The molecule has 2 aliphatic heterocycles. The van der Waals surface area contributed by atoms with Crippen molar-refractivity contribution in [1.82, 2.24) is 19.6 Å². The number of hydrogen-bond donors (Lipinski definition) is 0. The lowest BCUT2D eigenvalue weighted by molar-refractivity contribution is -0.139. The summed E-state index contributed by atoms with van der Waals surface area (Å²) in [5, 5.41) is 5.27. The van der Waals surface area contributed by atoms with Crippen LogP contribution in [0.3, 0.4) is 0 Å². The van der Waals surface area contributed by atoms with Crippen LogP contribution in [-0.4, -0.2) is 76.4 Å². The van der Waals surface area contributed by atoms with Gasteiger partial charge in [-0.1, -0.05) is 36.4 Å². The lowest BCUT2D eigenvalue weighted by Gasteiger charge is -2.32. The van der Waals surface area contributed by atoms with Crippen LogP contribution in [0.5, 0.6) is 5.75 Å². The number of amides is 2. The van der Waals surface area contributed by atoms with E-state index < -0.39 is 6.04 Å². The van der Waals surface area contributed by atoms with Gasteiger partial charge in [0.1, 0.15) is 17.9 Å². The second kappa shape index (κ2) is 8.63. The van der Waals surface area contributed by atoms with E-state index in [4.69, 9.17) is 9.47 Å². The third-order valence-corrected chi connectivity index (χ3v) is 6.14. The van der Waals surface area contributed by atoms with Gasteiger partial charge in [0.05, 0.1) is 25.3 Å². The van der Waals surface area contributed by atoms with Gasteiger partial charge in [-0.05, 0) is 18.2 Å². The highest BCUT2D eigenvalue weighted by molar-refractivity contribution is 6.06. The second-order valence-electron chi connectivity index (χ2n) is 8.19. The highest BCUT2D eigenvalue weighted by Gasteiger charge is 2.43. The van der Waals surface area contributed by atoms with E-state index in [2.05, 4.69) is 5.10 Å². The minimum atomic E-state index is -0.588. The van der Waals surface area contributed by atoms with Crippen LogP contribution in [-0.2, 0) is 16.6 Å². The Hall–Kier alpha value is -3.39. The Bertz CT molecular complexity index is 1120. The maximum Gasteiger partial charge on any atom is 0.275 e. The summed E-state index contributed by atoms with van der Waals surface area (Å²) >= 11 is 0. The summed E-state index contributed by atoms with van der Waals surface area (Å²) in [6.45, 7) is 2.43. The third-order valence-electron chi connectivity index (χ3n) is 6.14. The Morgan fingerprint density at radius 1 is 1.03 bits per heavy atom. The first kappa shape index (κ1) is 20.5. The van der Waals surface area contributed by atoms with E-state index >= 15 is 0 Å². The van der Waals surface area contributed by atoms with E-state index in [1.807, 2.05) is 61.6 Å². The van der Waals surface area contributed by atoms with Crippen LogP contribution in [0.25, 0.3) is 10.9 Å². The minimum Gasteiger partial charge on any atom is -0.488 e. The summed E-state index contributed by atoms with van der Waals surface area (Å²) in [5.74, 6) is 0.432. The number of carbonyl (C=O) groups excluding carboxylic acids is 2. The molecule has 2 fully saturated rings. The summed E-state index contributed by atoms with van der Waals surface area (Å²) in [6.07, 6.45) is 0.174. The van der Waals surface area contributed by atoms with Gasteiger partial charge in [-0.2, -0.15) is 5.10 Å². The standard InChI is InChI=1S/C24H26N4O4/c1-26-20-10-6-5-9-19(20)22(25-26)24(30)28-16-18(32-17-7-3-2-4-8-17)15-21(28)23(29)27-11-13-31-14-12-27/h2-10,18,21H,11-16H2,1H3/t18-,21-/m0/s1. The number of fused-ring (bicyclic) bond motifs is 1. The molecule has 2 amide bonds. The molecule has 8 heteroatoms. The Balaban J connectivity index is 1.44. The van der Waals surface area contributed by atoms with Crippen LogP contribution in [0.15, 0.2) is 54.6 Å². The molecule has 0 radical (unpaired) electrons. The minimum absolute atomic E-state index is 0.0546. The zero-order chi connectivity index (χ0) is 22.1. The molecule has 1 aromatic heterocycles. The molecule has 0 spiro atoms. The molecule has 0 N–H and O–H groups in total. The van der Waals surface area contributed by atoms with Gasteiger partial charge < -0.3 is 19.3 Å². The Morgan fingerprint density at radius 2 is 1.75 bits per heavy atom. The Kier molecular flexibility index (Phi) is 5.53. The molecule has 2 atom stereocenters. The number of likely N-dealkylation sites (tertiary alicyclic amines) is 1. The molecule has 2 aliphatic rings. The number of aryl methyl sites for hydroxylation is 1. The summed E-state index contributed by atoms with van der Waals surface area (Å²) in [5.41, 5.74) is 1.24. The quantitative estimate of drug-likeness (QED) is 0.629. The van der Waals surface area contributed by atoms with Crippen molar-refractivity contribution >= 4 is 22.7 Å². The molecule has 0 unspecified atom stereocenters. The molecule has 0 aliphatic carbocycles. The number of ether oxygens (including phenoxy) is 2. The van der Waals surface area contributed by atoms with E-state index in [1.54, 1.807) is 14.5 Å². The van der Waals surface area contributed by atoms with Crippen molar-refractivity contribution in [1.29, 1.82) is 0 Å². The van der Waals surface area contributed by atoms with Crippen molar-refractivity contribution in [3.63, 3.8) is 0 Å². The largest absolute Gasteiger partial charge is 0.488 e. The van der Waals surface area contributed by atoms with Crippen LogP contribution in [0.4, 0.5) is 0 Å². The van der Waals surface area contributed by atoms with Gasteiger partial charge in [0.25, 0.3) is 5.91 Å². The molecule has 2 aromatic carbocycles. The molecule has 166 valence electrons. The average Bonchev–Trinajstić information content (AvgIpc) is 3.41. The zero-order valence-corrected chi connectivity index (χ0v) is 18.0. The molecular weight excluding hydrogens is 408 g/mol. The van der Waals surface area contributed by atoms with E-state index in [9.17, 15) is 9.59 Å². The second-order valence-corrected chi connectivity index (χ2v) is 8.19. The van der Waals surface area contributed by atoms with Crippen molar-refractivity contribution < 1.29 is 19.1 Å². The van der Waals surface area contributed by atoms with Gasteiger partial charge >= 0.3 is 0 Å². The predicted octanol–water partition coefficient (Wildman–Crippen LogP) is 2.09. The van der Waals surface area contributed by atoms with Crippen molar-refractivity contribution in [2.24, 2.45) is 7.05 Å². The van der Waals surface area contributed by atoms with E-state index in [-0.39, 0.29) is 17.9 Å². The zero-order valence-electron chi connectivity index (χ0n) is 18.0. The average molecular weight is 434 g/mol. The third kappa shape index (κ3) is 3.82. The first-order valence-corrected chi connectivity index (χ1v) is 10.9. The van der Waals surface area contributed by atoms with Gasteiger partial charge in [0, 0.05) is 31.9 Å². The fourth-order valence-corrected chi connectivity index (χ4v) is 4.54. The van der Waals surface area contributed by atoms with Crippen molar-refractivity contribution in [3.8, 4) is 5.75 Å². The van der Waals surface area contributed by atoms with Crippen molar-refractivity contribution in [2.45, 2.75) is 18.6 Å². The number of benzene rings is 2. The van der Waals surface area contributed by atoms with Crippen LogP contribution in [0, 0.1) is 0 Å². The number of para-hydroxylation sites is 2. The number of hydrogen-bond acceptors (Lipinski definition) is 5. The lowest BCUT2D eigenvalue weighted by atomic mass is 10.1. The first-order chi connectivity index (χ1) is 15.6. The fourth-order valence-electron chi connectivity index (χ4n) is 4.54. The summed E-state index contributed by atoms with van der Waals surface area (Å²) in [6, 6.07) is 16.6. The molecule has 0 saturated carbocycles. The normalized spacial score (nSPS) is 21.2. The number of aromatic nitrogens is 2. The summed E-state index contributed by atoms with van der Waals surface area (Å²) in [4.78, 5) is 30.5. The topological polar surface area (TPSA) is 76.9 Å². The maximum absolute atomic E-state index is 13.7. The smallest absolute Gasteiger partial charge is 0.275 e. The van der Waals surface area contributed by atoms with Gasteiger partial charge in [-0.25, -0.2) is 0 Å². The van der Waals surface area contributed by atoms with Crippen LogP contribution < -0.4 is 4.74 Å². The van der Waals surface area contributed by atoms with E-state index in [1.165, 1.54) is 0 Å². The molecule has 3 aromatic rings. The molecule has 2 saturated heterocycles. The van der Waals surface area contributed by atoms with Crippen LogP contribution in [0.2, 0.25) is 0 Å². The van der Waals surface area contributed by atoms with Gasteiger partial charge in [-0.15, -0.1) is 0 Å². The molecule has 8 nitrogen and oxygen atoms in total. The number of rotatable bonds is 4. The molecule has 32 heavy (non-hydrogen) atoms. The number of carbonyl (C=O) groups is 2. The van der Waals surface area contributed by atoms with Gasteiger partial charge in [0.2, 0.25) is 5.91 Å². The molecule has 3 heterocycles. The number of nitrogens with zero attached hydrogens (tertiary/aromatic N) is 4. The SMILES string of the molecule is Cn1nc(C(=O)N2C[C@@H](Oc3ccccc3)C[C@H]2C(=O)N2CCOCC2)c2ccccc21. The van der Waals surface area contributed by atoms with Crippen molar-refractivity contribution in [3.05, 3.63) is 60.3 Å². The van der Waals surface area contributed by atoms with E-state index in [0.717, 1.165) is 16.7 Å². The highest BCUT2D eigenvalue weighted by Crippen LogP contribution is 2.28. The van der Waals surface area contributed by atoms with Crippen molar-refractivity contribution in [2.75, 3.05) is 32.8 Å². The summed E-state index contributed by atoms with van der Waals surface area (Å²) in [7, 11) is 1.82.